The van der Waals surface area contributed by atoms with E-state index in [4.69, 9.17) is 4.89 Å². The molecule has 0 saturated carbocycles. The van der Waals surface area contributed by atoms with Crippen molar-refractivity contribution in [1.29, 1.82) is 0 Å². The average molecular weight is 165 g/mol. The highest BCUT2D eigenvalue weighted by Crippen LogP contribution is 2.14. The van der Waals surface area contributed by atoms with Crippen molar-refractivity contribution in [3.63, 3.8) is 0 Å². The van der Waals surface area contributed by atoms with Gasteiger partial charge in [0.1, 0.15) is 0 Å². The van der Waals surface area contributed by atoms with Crippen LogP contribution in [0.1, 0.15) is 6.42 Å². The van der Waals surface area contributed by atoms with Crippen LogP contribution in [0.4, 0.5) is 0 Å². The highest BCUT2D eigenvalue weighted by molar-refractivity contribution is 7.37. The number of hydrogen-bond acceptors (Lipinski definition) is 1. The van der Waals surface area contributed by atoms with E-state index < -0.39 is 8.03 Å². The summed E-state index contributed by atoms with van der Waals surface area (Å²) in [6.07, 6.45) is 1.26. The van der Waals surface area contributed by atoms with Crippen LogP contribution in [0, 0.1) is 0 Å². The Bertz CT molecular complexity index is 119. The van der Waals surface area contributed by atoms with Crippen molar-refractivity contribution >= 4 is 8.03 Å². The van der Waals surface area contributed by atoms with Crippen LogP contribution in [0.3, 0.4) is 0 Å². The molecule has 0 bridgehead atoms. The van der Waals surface area contributed by atoms with Crippen molar-refractivity contribution in [2.45, 2.75) is 6.42 Å². The molecule has 1 atom stereocenters. The third-order valence-electron chi connectivity index (χ3n) is 1.18. The lowest BCUT2D eigenvalue weighted by Crippen LogP contribution is -2.35. The molecular formula is C6H16NO2P+2. The van der Waals surface area contributed by atoms with Crippen LogP contribution < -0.4 is 0 Å². The third-order valence-corrected chi connectivity index (χ3v) is 1.88. The molecule has 0 aromatic rings. The summed E-state index contributed by atoms with van der Waals surface area (Å²) in [7, 11) is 4.31. The summed E-state index contributed by atoms with van der Waals surface area (Å²) in [6.45, 7) is 0.960. The highest BCUT2D eigenvalue weighted by Gasteiger charge is 2.13. The van der Waals surface area contributed by atoms with E-state index in [2.05, 4.69) is 21.1 Å². The Morgan fingerprint density at radius 3 is 2.20 bits per heavy atom. The van der Waals surface area contributed by atoms with Gasteiger partial charge in [0.25, 0.3) is 0 Å². The first-order valence-electron chi connectivity index (χ1n) is 3.36. The molecule has 1 unspecified atom stereocenters. The van der Waals surface area contributed by atoms with E-state index in [1.54, 1.807) is 0 Å². The second-order valence-electron chi connectivity index (χ2n) is 3.44. The zero-order valence-electron chi connectivity index (χ0n) is 6.87. The van der Waals surface area contributed by atoms with E-state index >= 15 is 0 Å². The van der Waals surface area contributed by atoms with Crippen LogP contribution >= 0.6 is 8.03 Å². The minimum atomic E-state index is -1.91. The number of quaternary nitrogens is 1. The molecule has 0 heterocycles. The first-order valence-corrected chi connectivity index (χ1v) is 4.75. The maximum absolute atomic E-state index is 10.2. The summed E-state index contributed by atoms with van der Waals surface area (Å²) < 4.78 is 11.1. The quantitative estimate of drug-likeness (QED) is 0.494. The van der Waals surface area contributed by atoms with Crippen molar-refractivity contribution < 1.29 is 13.9 Å². The summed E-state index contributed by atoms with van der Waals surface area (Å²) in [5.41, 5.74) is 0. The molecule has 0 spiro atoms. The van der Waals surface area contributed by atoms with Gasteiger partial charge in [0.05, 0.1) is 27.7 Å². The number of hydrogen-bond donors (Lipinski definition) is 1. The van der Waals surface area contributed by atoms with E-state index in [1.807, 2.05) is 0 Å². The van der Waals surface area contributed by atoms with Gasteiger partial charge in [0.2, 0.25) is 0 Å². The molecule has 60 valence electrons. The Morgan fingerprint density at radius 1 is 1.40 bits per heavy atom. The van der Waals surface area contributed by atoms with Crippen LogP contribution in [0.5, 0.6) is 0 Å². The van der Waals surface area contributed by atoms with Gasteiger partial charge in [-0.05, 0) is 4.57 Å². The first kappa shape index (κ1) is 10.0. The Labute approximate surface area is 63.1 Å². The summed E-state index contributed by atoms with van der Waals surface area (Å²) in [6, 6.07) is 0. The summed E-state index contributed by atoms with van der Waals surface area (Å²) >= 11 is 0. The zero-order chi connectivity index (χ0) is 8.20. The molecule has 0 aliphatic carbocycles. The molecule has 0 aliphatic heterocycles. The lowest BCUT2D eigenvalue weighted by atomic mass is 10.4. The predicted octanol–water partition coefficient (Wildman–Crippen LogP) is 0.817. The Kier molecular flexibility index (Phi) is 4.02. The van der Waals surface area contributed by atoms with Crippen LogP contribution in [0.15, 0.2) is 0 Å². The molecule has 0 rings (SSSR count). The largest absolute Gasteiger partial charge is 0.505 e. The highest BCUT2D eigenvalue weighted by atomic mass is 31.1. The van der Waals surface area contributed by atoms with Gasteiger partial charge >= 0.3 is 8.03 Å². The topological polar surface area (TPSA) is 37.3 Å². The van der Waals surface area contributed by atoms with Gasteiger partial charge in [-0.1, -0.05) is 0 Å². The minimum Gasteiger partial charge on any atom is -0.331 e. The lowest BCUT2D eigenvalue weighted by molar-refractivity contribution is -0.870. The van der Waals surface area contributed by atoms with Crippen LogP contribution in [-0.4, -0.2) is 43.2 Å². The predicted molar refractivity (Wildman–Crippen MR) is 42.2 cm³/mol. The van der Waals surface area contributed by atoms with Gasteiger partial charge in [-0.25, -0.2) is 0 Å². The Hall–Kier alpha value is 0.0200. The fourth-order valence-electron chi connectivity index (χ4n) is 0.680. The van der Waals surface area contributed by atoms with Crippen molar-refractivity contribution in [2.75, 3.05) is 33.8 Å². The van der Waals surface area contributed by atoms with Crippen LogP contribution in [0.2, 0.25) is 0 Å². The lowest BCUT2D eigenvalue weighted by Gasteiger charge is -2.22. The second-order valence-corrected chi connectivity index (χ2v) is 4.59. The summed E-state index contributed by atoms with van der Waals surface area (Å²) in [5, 5.41) is 0. The monoisotopic (exact) mass is 165 g/mol. The van der Waals surface area contributed by atoms with E-state index in [-0.39, 0.29) is 0 Å². The summed E-state index contributed by atoms with van der Waals surface area (Å²) in [4.78, 5) is 8.45. The van der Waals surface area contributed by atoms with Gasteiger partial charge in [-0.15, -0.1) is 0 Å². The number of rotatable bonds is 4. The molecule has 4 heteroatoms. The maximum Gasteiger partial charge on any atom is 0.505 e. The Balaban J connectivity index is 3.29. The molecular weight excluding hydrogens is 149 g/mol. The molecule has 0 aromatic carbocycles. The van der Waals surface area contributed by atoms with Crippen molar-refractivity contribution in [3.05, 3.63) is 0 Å². The van der Waals surface area contributed by atoms with Gasteiger partial charge in [-0.3, -0.25) is 0 Å². The molecule has 0 fully saturated rings. The molecule has 0 aliphatic rings. The fourth-order valence-corrected chi connectivity index (χ4v) is 1.09. The van der Waals surface area contributed by atoms with Crippen LogP contribution in [0.25, 0.3) is 0 Å². The Morgan fingerprint density at radius 2 is 1.90 bits per heavy atom. The zero-order valence-corrected chi connectivity index (χ0v) is 7.77. The molecule has 0 amide bonds. The van der Waals surface area contributed by atoms with E-state index in [9.17, 15) is 4.57 Å². The number of nitrogens with zero attached hydrogens (tertiary/aromatic N) is 1. The van der Waals surface area contributed by atoms with E-state index in [1.165, 1.54) is 0 Å². The maximum atomic E-state index is 10.2. The molecule has 1 N–H and O–H groups in total. The molecule has 0 aromatic heterocycles. The first-order chi connectivity index (χ1) is 4.42. The normalized spacial score (nSPS) is 13.4. The molecule has 0 radical (unpaired) electrons. The summed E-state index contributed by atoms with van der Waals surface area (Å²) in [5.74, 6) is 0. The SMILES string of the molecule is C[N+](C)(C)CCC[P+](=O)O. The van der Waals surface area contributed by atoms with E-state index in [0.29, 0.717) is 6.16 Å². The third kappa shape index (κ3) is 8.02. The minimum absolute atomic E-state index is 0.435. The standard InChI is InChI=1S/C6H15NO2P/c1-7(2,3)5-4-6-10(8)9/h4-6H2,1-3H3/q+1/p+1. The molecule has 0 saturated heterocycles. The fraction of sp³-hybridized carbons (Fsp3) is 1.00. The van der Waals surface area contributed by atoms with Crippen molar-refractivity contribution in [1.82, 2.24) is 0 Å². The van der Waals surface area contributed by atoms with Gasteiger partial charge in [0.15, 0.2) is 6.16 Å². The van der Waals surface area contributed by atoms with E-state index in [0.717, 1.165) is 17.4 Å². The van der Waals surface area contributed by atoms with Gasteiger partial charge < -0.3 is 4.48 Å². The van der Waals surface area contributed by atoms with Gasteiger partial charge in [0, 0.05) is 6.42 Å². The van der Waals surface area contributed by atoms with Crippen LogP contribution in [-0.2, 0) is 4.57 Å². The molecule has 3 nitrogen and oxygen atoms in total. The molecule has 10 heavy (non-hydrogen) atoms. The average Bonchev–Trinajstić information content (AvgIpc) is 1.59. The second kappa shape index (κ2) is 4.02. The van der Waals surface area contributed by atoms with Gasteiger partial charge in [-0.2, -0.15) is 4.89 Å². The van der Waals surface area contributed by atoms with Crippen molar-refractivity contribution in [2.24, 2.45) is 0 Å². The smallest absolute Gasteiger partial charge is 0.331 e. The van der Waals surface area contributed by atoms with Crippen molar-refractivity contribution in [3.8, 4) is 0 Å².